The number of amides is 1. The molecule has 0 unspecified atom stereocenters. The number of aryl methyl sites for hydroxylation is 1. The highest BCUT2D eigenvalue weighted by atomic mass is 32.2. The van der Waals surface area contributed by atoms with Crippen molar-refractivity contribution in [3.8, 4) is 5.75 Å². The van der Waals surface area contributed by atoms with Crippen molar-refractivity contribution in [2.75, 3.05) is 11.1 Å². The maximum Gasteiger partial charge on any atom is 0.257 e. The first-order chi connectivity index (χ1) is 10.3. The first-order valence-corrected chi connectivity index (χ1v) is 8.28. The Morgan fingerprint density at radius 2 is 2.00 bits per heavy atom. The van der Waals surface area contributed by atoms with Crippen LogP contribution in [0.3, 0.4) is 0 Å². The number of hydrogen-bond donors (Lipinski definition) is 2. The largest absolute Gasteiger partial charge is 0.506 e. The zero-order valence-corrected chi connectivity index (χ0v) is 13.0. The Balaban J connectivity index is 2.31. The molecule has 0 aliphatic rings. The van der Waals surface area contributed by atoms with Gasteiger partial charge >= 0.3 is 0 Å². The Morgan fingerprint density at radius 3 is 2.59 bits per heavy atom. The third kappa shape index (κ3) is 3.43. The minimum Gasteiger partial charge on any atom is -0.506 e. The van der Waals surface area contributed by atoms with Crippen LogP contribution in [0.4, 0.5) is 5.69 Å². The van der Waals surface area contributed by atoms with Crippen LogP contribution in [0.25, 0.3) is 0 Å². The normalized spacial score (nSPS) is 11.2. The van der Waals surface area contributed by atoms with Crippen LogP contribution in [-0.4, -0.2) is 30.2 Å². The Kier molecular flexibility index (Phi) is 4.46. The van der Waals surface area contributed by atoms with Crippen molar-refractivity contribution in [1.29, 1.82) is 0 Å². The summed E-state index contributed by atoms with van der Waals surface area (Å²) in [5.74, 6) is -0.745. The quantitative estimate of drug-likeness (QED) is 0.841. The lowest BCUT2D eigenvalue weighted by Crippen LogP contribution is -2.13. The lowest BCUT2D eigenvalue weighted by atomic mass is 10.2. The van der Waals surface area contributed by atoms with E-state index >= 15 is 0 Å². The number of phenols is 1. The predicted molar refractivity (Wildman–Crippen MR) is 82.8 cm³/mol. The van der Waals surface area contributed by atoms with E-state index in [1.54, 1.807) is 19.1 Å². The second kappa shape index (κ2) is 6.15. The molecule has 0 aliphatic carbocycles. The Bertz CT molecular complexity index is 799. The second-order valence-corrected chi connectivity index (χ2v) is 7.00. The van der Waals surface area contributed by atoms with Gasteiger partial charge in [0.05, 0.1) is 21.9 Å². The predicted octanol–water partition coefficient (Wildman–Crippen LogP) is 2.14. The smallest absolute Gasteiger partial charge is 0.257 e. The first-order valence-electron chi connectivity index (χ1n) is 6.63. The maximum absolute atomic E-state index is 12.1. The van der Waals surface area contributed by atoms with Gasteiger partial charge in [0.1, 0.15) is 5.75 Å². The van der Waals surface area contributed by atoms with E-state index in [0.717, 1.165) is 5.69 Å². The van der Waals surface area contributed by atoms with Crippen LogP contribution in [-0.2, 0) is 9.84 Å². The van der Waals surface area contributed by atoms with Crippen LogP contribution >= 0.6 is 0 Å². The molecule has 116 valence electrons. The van der Waals surface area contributed by atoms with Crippen molar-refractivity contribution < 1.29 is 18.3 Å². The van der Waals surface area contributed by atoms with Crippen molar-refractivity contribution in [3.05, 3.63) is 47.8 Å². The minimum atomic E-state index is -3.42. The molecule has 0 aliphatic heterocycles. The third-order valence-electron chi connectivity index (χ3n) is 3.13. The molecule has 1 heterocycles. The summed E-state index contributed by atoms with van der Waals surface area (Å²) in [6, 6.07) is 7.07. The number of aromatic nitrogens is 1. The molecule has 0 atom stereocenters. The SMILES string of the molecule is CCS(=O)(=O)c1ccc(O)c(NC(=O)c2ccc(C)nc2)c1. The molecule has 2 N–H and O–H groups in total. The van der Waals surface area contributed by atoms with Crippen LogP contribution in [0.1, 0.15) is 23.0 Å². The number of carbonyl (C=O) groups excluding carboxylic acids is 1. The zero-order chi connectivity index (χ0) is 16.3. The van der Waals surface area contributed by atoms with E-state index in [1.807, 2.05) is 0 Å². The summed E-state index contributed by atoms with van der Waals surface area (Å²) in [5.41, 5.74) is 1.13. The average molecular weight is 320 g/mol. The lowest BCUT2D eigenvalue weighted by Gasteiger charge is -2.09. The number of hydrogen-bond acceptors (Lipinski definition) is 5. The van der Waals surface area contributed by atoms with Gasteiger partial charge < -0.3 is 10.4 Å². The van der Waals surface area contributed by atoms with E-state index in [1.165, 1.54) is 31.3 Å². The molecule has 7 heteroatoms. The summed E-state index contributed by atoms with van der Waals surface area (Å²) in [7, 11) is -3.42. The molecule has 6 nitrogen and oxygen atoms in total. The van der Waals surface area contributed by atoms with Crippen LogP contribution in [0.15, 0.2) is 41.4 Å². The highest BCUT2D eigenvalue weighted by molar-refractivity contribution is 7.91. The first kappa shape index (κ1) is 16.0. The van der Waals surface area contributed by atoms with Crippen molar-refractivity contribution >= 4 is 21.4 Å². The monoisotopic (exact) mass is 320 g/mol. The Hall–Kier alpha value is -2.41. The number of nitrogens with zero attached hydrogens (tertiary/aromatic N) is 1. The van der Waals surface area contributed by atoms with Gasteiger partial charge in [-0.3, -0.25) is 9.78 Å². The zero-order valence-electron chi connectivity index (χ0n) is 12.2. The van der Waals surface area contributed by atoms with E-state index in [2.05, 4.69) is 10.3 Å². The molecule has 0 bridgehead atoms. The van der Waals surface area contributed by atoms with Crippen molar-refractivity contribution in [3.63, 3.8) is 0 Å². The number of benzene rings is 1. The van der Waals surface area contributed by atoms with Gasteiger partial charge in [-0.15, -0.1) is 0 Å². The maximum atomic E-state index is 12.1. The number of phenolic OH excluding ortho intramolecular Hbond substituents is 1. The molecular weight excluding hydrogens is 304 g/mol. The molecule has 22 heavy (non-hydrogen) atoms. The highest BCUT2D eigenvalue weighted by Crippen LogP contribution is 2.27. The summed E-state index contributed by atoms with van der Waals surface area (Å²) in [6.07, 6.45) is 1.41. The summed E-state index contributed by atoms with van der Waals surface area (Å²) < 4.78 is 23.7. The highest BCUT2D eigenvalue weighted by Gasteiger charge is 2.16. The van der Waals surface area contributed by atoms with Crippen LogP contribution < -0.4 is 5.32 Å². The van der Waals surface area contributed by atoms with Crippen LogP contribution in [0.5, 0.6) is 5.75 Å². The molecule has 0 spiro atoms. The van der Waals surface area contributed by atoms with Gasteiger partial charge in [0.15, 0.2) is 9.84 Å². The lowest BCUT2D eigenvalue weighted by molar-refractivity contribution is 0.102. The number of rotatable bonds is 4. The molecule has 2 rings (SSSR count). The molecular formula is C15H16N2O4S. The van der Waals surface area contributed by atoms with Crippen molar-refractivity contribution in [2.24, 2.45) is 0 Å². The number of nitrogens with one attached hydrogen (secondary N) is 1. The molecule has 0 saturated heterocycles. The Labute approximate surface area is 128 Å². The molecule has 1 amide bonds. The summed E-state index contributed by atoms with van der Waals surface area (Å²) >= 11 is 0. The molecule has 0 saturated carbocycles. The molecule has 1 aromatic heterocycles. The number of sulfone groups is 1. The molecule has 2 aromatic rings. The summed E-state index contributed by atoms with van der Waals surface area (Å²) in [6.45, 7) is 3.32. The molecule has 1 aromatic carbocycles. The topological polar surface area (TPSA) is 96.4 Å². The number of carbonyl (C=O) groups is 1. The fourth-order valence-corrected chi connectivity index (χ4v) is 2.68. The summed E-state index contributed by atoms with van der Waals surface area (Å²) in [5, 5.41) is 12.3. The second-order valence-electron chi connectivity index (χ2n) is 4.72. The van der Waals surface area contributed by atoms with Gasteiger partial charge in [-0.05, 0) is 37.3 Å². The average Bonchev–Trinajstić information content (AvgIpc) is 2.50. The van der Waals surface area contributed by atoms with E-state index in [-0.39, 0.29) is 22.1 Å². The van der Waals surface area contributed by atoms with E-state index < -0.39 is 15.7 Å². The van der Waals surface area contributed by atoms with Crippen molar-refractivity contribution in [2.45, 2.75) is 18.7 Å². The van der Waals surface area contributed by atoms with E-state index in [0.29, 0.717) is 5.56 Å². The van der Waals surface area contributed by atoms with Gasteiger partial charge in [0, 0.05) is 11.9 Å². The third-order valence-corrected chi connectivity index (χ3v) is 4.86. The minimum absolute atomic E-state index is 0.0418. The number of anilines is 1. The van der Waals surface area contributed by atoms with E-state index in [4.69, 9.17) is 0 Å². The van der Waals surface area contributed by atoms with Crippen LogP contribution in [0.2, 0.25) is 0 Å². The van der Waals surface area contributed by atoms with Gasteiger partial charge in [0.25, 0.3) is 5.91 Å². The van der Waals surface area contributed by atoms with Gasteiger partial charge in [-0.1, -0.05) is 6.92 Å². The number of pyridine rings is 1. The van der Waals surface area contributed by atoms with Crippen molar-refractivity contribution in [1.82, 2.24) is 4.98 Å². The standard InChI is InChI=1S/C15H16N2O4S/c1-3-22(20,21)12-6-7-14(18)13(8-12)17-15(19)11-5-4-10(2)16-9-11/h4-9,18H,3H2,1-2H3,(H,17,19). The van der Waals surface area contributed by atoms with E-state index in [9.17, 15) is 18.3 Å². The van der Waals surface area contributed by atoms with Crippen LogP contribution in [0, 0.1) is 6.92 Å². The van der Waals surface area contributed by atoms with Gasteiger partial charge in [-0.2, -0.15) is 0 Å². The fraction of sp³-hybridized carbons (Fsp3) is 0.200. The molecule has 0 radical (unpaired) electrons. The van der Waals surface area contributed by atoms with Gasteiger partial charge in [-0.25, -0.2) is 8.42 Å². The Morgan fingerprint density at radius 1 is 1.27 bits per heavy atom. The summed E-state index contributed by atoms with van der Waals surface area (Å²) in [4.78, 5) is 16.2. The number of aromatic hydroxyl groups is 1. The fourth-order valence-electron chi connectivity index (χ4n) is 1.77. The molecule has 0 fully saturated rings. The van der Waals surface area contributed by atoms with Gasteiger partial charge in [0.2, 0.25) is 0 Å².